The van der Waals surface area contributed by atoms with Gasteiger partial charge in [0.05, 0.1) is 7.11 Å². The average Bonchev–Trinajstić information content (AvgIpc) is 2.79. The maximum Gasteiger partial charge on any atom is 0.190 e. The Hall–Kier alpha value is -2.60. The third-order valence-electron chi connectivity index (χ3n) is 5.67. The van der Waals surface area contributed by atoms with Crippen LogP contribution in [0.1, 0.15) is 24.0 Å². The van der Waals surface area contributed by atoms with Gasteiger partial charge >= 0.3 is 0 Å². The Balaban J connectivity index is 1.33. The molecule has 1 aliphatic heterocycles. The predicted octanol–water partition coefficient (Wildman–Crippen LogP) is 3.45. The number of hydrogen-bond acceptors (Lipinski definition) is 3. The number of rotatable bonds is 8. The number of aliphatic imine (C=N–C) groups is 1. The molecule has 0 radical (unpaired) electrons. The Morgan fingerprint density at radius 1 is 1.03 bits per heavy atom. The molecule has 0 bridgehead atoms. The highest BCUT2D eigenvalue weighted by Gasteiger charge is 2.19. The van der Waals surface area contributed by atoms with Gasteiger partial charge in [-0.2, -0.15) is 0 Å². The van der Waals surface area contributed by atoms with E-state index in [9.17, 15) is 4.39 Å². The molecule has 0 unspecified atom stereocenters. The van der Waals surface area contributed by atoms with Crippen LogP contribution in [0.4, 0.5) is 4.39 Å². The minimum atomic E-state index is -0.195. The Kier molecular flexibility index (Phi) is 8.51. The molecule has 6 heteroatoms. The summed E-state index contributed by atoms with van der Waals surface area (Å²) in [5, 5.41) is 6.81. The highest BCUT2D eigenvalue weighted by molar-refractivity contribution is 5.79. The van der Waals surface area contributed by atoms with Crippen molar-refractivity contribution >= 4 is 5.96 Å². The van der Waals surface area contributed by atoms with Crippen molar-refractivity contribution in [2.24, 2.45) is 10.9 Å². The average molecular weight is 413 g/mol. The molecule has 1 heterocycles. The number of hydrogen-bond donors (Lipinski definition) is 2. The first-order chi connectivity index (χ1) is 14.7. The summed E-state index contributed by atoms with van der Waals surface area (Å²) in [6, 6.07) is 15.0. The fourth-order valence-electron chi connectivity index (χ4n) is 3.78. The minimum Gasteiger partial charge on any atom is -0.497 e. The number of benzene rings is 2. The van der Waals surface area contributed by atoms with E-state index in [1.165, 1.54) is 30.5 Å². The van der Waals surface area contributed by atoms with E-state index >= 15 is 0 Å². The van der Waals surface area contributed by atoms with Crippen molar-refractivity contribution in [3.05, 3.63) is 65.5 Å². The van der Waals surface area contributed by atoms with Gasteiger partial charge < -0.3 is 15.4 Å². The van der Waals surface area contributed by atoms with E-state index in [4.69, 9.17) is 4.74 Å². The second kappa shape index (κ2) is 11.6. The van der Waals surface area contributed by atoms with Crippen LogP contribution in [0.25, 0.3) is 0 Å². The number of nitrogens with zero attached hydrogens (tertiary/aromatic N) is 2. The molecule has 0 aromatic heterocycles. The molecular formula is C24H33FN4O. The summed E-state index contributed by atoms with van der Waals surface area (Å²) in [7, 11) is 3.49. The molecule has 30 heavy (non-hydrogen) atoms. The lowest BCUT2D eigenvalue weighted by molar-refractivity contribution is 0.178. The molecular weight excluding hydrogens is 379 g/mol. The fourth-order valence-corrected chi connectivity index (χ4v) is 3.78. The minimum absolute atomic E-state index is 0.195. The van der Waals surface area contributed by atoms with E-state index in [2.05, 4.69) is 32.7 Å². The maximum atomic E-state index is 13.0. The number of nitrogens with one attached hydrogen (secondary N) is 2. The lowest BCUT2D eigenvalue weighted by Crippen LogP contribution is -2.43. The molecule has 162 valence electrons. The van der Waals surface area contributed by atoms with Gasteiger partial charge in [0.15, 0.2) is 5.96 Å². The van der Waals surface area contributed by atoms with E-state index in [0.717, 1.165) is 56.4 Å². The zero-order chi connectivity index (χ0) is 21.2. The summed E-state index contributed by atoms with van der Waals surface area (Å²) in [5.41, 5.74) is 2.45. The maximum absolute atomic E-state index is 13.0. The number of halogens is 1. The lowest BCUT2D eigenvalue weighted by Gasteiger charge is -2.32. The van der Waals surface area contributed by atoms with E-state index in [0.29, 0.717) is 5.92 Å². The Bertz CT molecular complexity index is 784. The van der Waals surface area contributed by atoms with Gasteiger partial charge in [-0.25, -0.2) is 4.39 Å². The van der Waals surface area contributed by atoms with Crippen LogP contribution in [0.2, 0.25) is 0 Å². The van der Waals surface area contributed by atoms with Crippen LogP contribution in [0.3, 0.4) is 0 Å². The first-order valence-corrected chi connectivity index (χ1v) is 10.7. The lowest BCUT2D eigenvalue weighted by atomic mass is 9.96. The molecule has 5 nitrogen and oxygen atoms in total. The molecule has 0 amide bonds. The van der Waals surface area contributed by atoms with Crippen LogP contribution in [-0.4, -0.2) is 51.2 Å². The van der Waals surface area contributed by atoms with Crippen molar-refractivity contribution in [3.8, 4) is 5.75 Å². The number of piperidine rings is 1. The topological polar surface area (TPSA) is 48.9 Å². The number of methoxy groups -OCH3 is 1. The van der Waals surface area contributed by atoms with Crippen LogP contribution in [-0.2, 0) is 13.0 Å². The Morgan fingerprint density at radius 3 is 2.33 bits per heavy atom. The van der Waals surface area contributed by atoms with Gasteiger partial charge in [0.2, 0.25) is 0 Å². The van der Waals surface area contributed by atoms with Crippen molar-refractivity contribution in [2.45, 2.75) is 25.8 Å². The molecule has 2 aromatic carbocycles. The highest BCUT2D eigenvalue weighted by atomic mass is 19.1. The van der Waals surface area contributed by atoms with Gasteiger partial charge in [-0.05, 0) is 73.7 Å². The highest BCUT2D eigenvalue weighted by Crippen LogP contribution is 2.19. The SMILES string of the molecule is CN=C(NCCc1ccc(F)cc1)NCC1CCN(Cc2ccc(OC)cc2)CC1. The van der Waals surface area contributed by atoms with Crippen LogP contribution in [0, 0.1) is 11.7 Å². The Morgan fingerprint density at radius 2 is 1.70 bits per heavy atom. The van der Waals surface area contributed by atoms with Crippen molar-refractivity contribution in [3.63, 3.8) is 0 Å². The summed E-state index contributed by atoms with van der Waals surface area (Å²) >= 11 is 0. The van der Waals surface area contributed by atoms with Crippen molar-refractivity contribution in [1.82, 2.24) is 15.5 Å². The van der Waals surface area contributed by atoms with Crippen LogP contribution >= 0.6 is 0 Å². The van der Waals surface area contributed by atoms with Crippen molar-refractivity contribution in [1.29, 1.82) is 0 Å². The second-order valence-corrected chi connectivity index (χ2v) is 7.82. The zero-order valence-electron chi connectivity index (χ0n) is 18.0. The van der Waals surface area contributed by atoms with Gasteiger partial charge in [-0.15, -0.1) is 0 Å². The molecule has 0 atom stereocenters. The number of guanidine groups is 1. The number of likely N-dealkylation sites (tertiary alicyclic amines) is 1. The first-order valence-electron chi connectivity index (χ1n) is 10.7. The number of ether oxygens (including phenoxy) is 1. The third kappa shape index (κ3) is 7.02. The monoisotopic (exact) mass is 412 g/mol. The summed E-state index contributed by atoms with van der Waals surface area (Å²) in [6.45, 7) is 4.94. The summed E-state index contributed by atoms with van der Waals surface area (Å²) < 4.78 is 18.2. The second-order valence-electron chi connectivity index (χ2n) is 7.82. The predicted molar refractivity (Wildman–Crippen MR) is 120 cm³/mol. The third-order valence-corrected chi connectivity index (χ3v) is 5.67. The fraction of sp³-hybridized carbons (Fsp3) is 0.458. The summed E-state index contributed by atoms with van der Waals surface area (Å²) in [4.78, 5) is 6.84. The van der Waals surface area contributed by atoms with E-state index in [1.54, 1.807) is 14.2 Å². The van der Waals surface area contributed by atoms with Crippen LogP contribution in [0.5, 0.6) is 5.75 Å². The summed E-state index contributed by atoms with van der Waals surface area (Å²) in [6.07, 6.45) is 3.22. The van der Waals surface area contributed by atoms with Crippen molar-refractivity contribution < 1.29 is 9.13 Å². The van der Waals surface area contributed by atoms with Gasteiger partial charge in [0.1, 0.15) is 11.6 Å². The Labute approximate surface area is 179 Å². The van der Waals surface area contributed by atoms with Crippen molar-refractivity contribution in [2.75, 3.05) is 40.3 Å². The molecule has 0 aliphatic carbocycles. The quantitative estimate of drug-likeness (QED) is 0.515. The van der Waals surface area contributed by atoms with Crippen LogP contribution < -0.4 is 15.4 Å². The zero-order valence-corrected chi connectivity index (χ0v) is 18.0. The van der Waals surface area contributed by atoms with E-state index in [-0.39, 0.29) is 5.82 Å². The standard InChI is InChI=1S/C24H33FN4O/c1-26-24(27-14-11-19-3-7-22(25)8-4-19)28-17-20-12-15-29(16-13-20)18-21-5-9-23(30-2)10-6-21/h3-10,20H,11-18H2,1-2H3,(H2,26,27,28). The molecule has 1 fully saturated rings. The van der Waals surface area contributed by atoms with Gasteiger partial charge in [0, 0.05) is 26.7 Å². The van der Waals surface area contributed by atoms with Gasteiger partial charge in [-0.1, -0.05) is 24.3 Å². The van der Waals surface area contributed by atoms with Gasteiger partial charge in [0.25, 0.3) is 0 Å². The van der Waals surface area contributed by atoms with Crippen LogP contribution in [0.15, 0.2) is 53.5 Å². The molecule has 2 aromatic rings. The molecule has 1 saturated heterocycles. The molecule has 0 saturated carbocycles. The van der Waals surface area contributed by atoms with E-state index < -0.39 is 0 Å². The normalized spacial score (nSPS) is 15.8. The summed E-state index contributed by atoms with van der Waals surface area (Å²) in [5.74, 6) is 2.20. The largest absolute Gasteiger partial charge is 0.497 e. The molecule has 2 N–H and O–H groups in total. The molecule has 0 spiro atoms. The first kappa shape index (κ1) is 22.1. The smallest absolute Gasteiger partial charge is 0.190 e. The van der Waals surface area contributed by atoms with E-state index in [1.807, 2.05) is 24.3 Å². The molecule has 1 aliphatic rings. The van der Waals surface area contributed by atoms with Gasteiger partial charge in [-0.3, -0.25) is 9.89 Å². The molecule has 3 rings (SSSR count).